The molecule has 1 aliphatic heterocycles. The standard InChI is InChI=1S/C22H31Cl2N3O4Si/c1-22(2,3)32(4,5)31-20-7-6-8-27(21(29)30)19(20)9-14(28)12-26-13-25-17-10-15(23)16(24)11-18(17)26/h10-11,13,19-20H,6-9,12H2,1-5H3,(H,29,30)/t19-,20+/m1/s1. The first-order valence-electron chi connectivity index (χ1n) is 10.8. The maximum Gasteiger partial charge on any atom is 0.407 e. The van der Waals surface area contributed by atoms with Gasteiger partial charge in [-0.25, -0.2) is 9.78 Å². The summed E-state index contributed by atoms with van der Waals surface area (Å²) in [6.07, 6.45) is 1.83. The Morgan fingerprint density at radius 3 is 2.53 bits per heavy atom. The highest BCUT2D eigenvalue weighted by Gasteiger charge is 2.44. The smallest absolute Gasteiger partial charge is 0.407 e. The third-order valence-electron chi connectivity index (χ3n) is 6.66. The van der Waals surface area contributed by atoms with Crippen LogP contribution in [0.5, 0.6) is 0 Å². The summed E-state index contributed by atoms with van der Waals surface area (Å²) in [4.78, 5) is 30.7. The molecule has 0 saturated carbocycles. The average molecular weight is 500 g/mol. The molecule has 2 heterocycles. The predicted molar refractivity (Wildman–Crippen MR) is 129 cm³/mol. The van der Waals surface area contributed by atoms with Crippen LogP contribution in [0.25, 0.3) is 11.0 Å². The number of rotatable bonds is 6. The topological polar surface area (TPSA) is 84.7 Å². The van der Waals surface area contributed by atoms with E-state index in [1.165, 1.54) is 4.90 Å². The molecule has 2 aromatic rings. The summed E-state index contributed by atoms with van der Waals surface area (Å²) in [6.45, 7) is 11.2. The molecule has 176 valence electrons. The number of Topliss-reactive ketones (excluding diaryl/α,β-unsaturated/α-hetero) is 1. The Kier molecular flexibility index (Phi) is 7.29. The molecular weight excluding hydrogens is 469 g/mol. The van der Waals surface area contributed by atoms with E-state index in [1.807, 2.05) is 0 Å². The minimum Gasteiger partial charge on any atom is -0.465 e. The number of likely N-dealkylation sites (tertiary alicyclic amines) is 1. The molecule has 7 nitrogen and oxygen atoms in total. The molecule has 0 spiro atoms. The molecule has 32 heavy (non-hydrogen) atoms. The number of hydrogen-bond donors (Lipinski definition) is 1. The summed E-state index contributed by atoms with van der Waals surface area (Å²) in [5, 5.41) is 10.6. The largest absolute Gasteiger partial charge is 0.465 e. The number of halogens is 2. The Morgan fingerprint density at radius 1 is 1.25 bits per heavy atom. The van der Waals surface area contributed by atoms with Crippen LogP contribution in [0.2, 0.25) is 28.2 Å². The van der Waals surface area contributed by atoms with E-state index in [9.17, 15) is 14.7 Å². The maximum atomic E-state index is 13.1. The first kappa shape index (κ1) is 25.0. The fourth-order valence-electron chi connectivity index (χ4n) is 3.86. The summed E-state index contributed by atoms with van der Waals surface area (Å²) in [5.41, 5.74) is 1.36. The van der Waals surface area contributed by atoms with E-state index >= 15 is 0 Å². The molecular formula is C22H31Cl2N3O4Si. The van der Waals surface area contributed by atoms with E-state index < -0.39 is 20.5 Å². The van der Waals surface area contributed by atoms with Crippen LogP contribution in [0.3, 0.4) is 0 Å². The molecule has 1 aromatic heterocycles. The second-order valence-electron chi connectivity index (χ2n) is 9.97. The number of nitrogens with zero attached hydrogens (tertiary/aromatic N) is 3. The monoisotopic (exact) mass is 499 g/mol. The van der Waals surface area contributed by atoms with Gasteiger partial charge in [-0.3, -0.25) is 4.79 Å². The molecule has 10 heteroatoms. The van der Waals surface area contributed by atoms with Gasteiger partial charge in [-0.1, -0.05) is 44.0 Å². The third kappa shape index (κ3) is 5.30. The van der Waals surface area contributed by atoms with Crippen molar-refractivity contribution in [2.24, 2.45) is 0 Å². The quantitative estimate of drug-likeness (QED) is 0.504. The Bertz CT molecular complexity index is 1020. The fourth-order valence-corrected chi connectivity index (χ4v) is 5.56. The van der Waals surface area contributed by atoms with E-state index in [4.69, 9.17) is 27.6 Å². The van der Waals surface area contributed by atoms with Crippen LogP contribution in [0, 0.1) is 0 Å². The highest BCUT2D eigenvalue weighted by molar-refractivity contribution is 6.74. The fraction of sp³-hybridized carbons (Fsp3) is 0.591. The van der Waals surface area contributed by atoms with Crippen LogP contribution in [-0.2, 0) is 15.8 Å². The van der Waals surface area contributed by atoms with E-state index in [0.717, 1.165) is 12.8 Å². The van der Waals surface area contributed by atoms with Crippen molar-refractivity contribution in [2.45, 2.75) is 76.9 Å². The Morgan fingerprint density at radius 2 is 1.91 bits per heavy atom. The minimum absolute atomic E-state index is 0.0106. The van der Waals surface area contributed by atoms with Crippen molar-refractivity contribution < 1.29 is 19.1 Å². The molecule has 0 unspecified atom stereocenters. The van der Waals surface area contributed by atoms with Gasteiger partial charge in [-0.15, -0.1) is 0 Å². The lowest BCUT2D eigenvalue weighted by Crippen LogP contribution is -2.56. The molecule has 1 N–H and O–H groups in total. The highest BCUT2D eigenvalue weighted by Crippen LogP contribution is 2.39. The normalized spacial score (nSPS) is 20.0. The minimum atomic E-state index is -2.13. The zero-order chi connectivity index (χ0) is 23.8. The van der Waals surface area contributed by atoms with E-state index in [-0.39, 0.29) is 29.9 Å². The van der Waals surface area contributed by atoms with Crippen LogP contribution in [-0.4, -0.2) is 58.4 Å². The lowest BCUT2D eigenvalue weighted by Gasteiger charge is -2.45. The van der Waals surface area contributed by atoms with Crippen molar-refractivity contribution in [3.63, 3.8) is 0 Å². The third-order valence-corrected chi connectivity index (χ3v) is 11.9. The summed E-state index contributed by atoms with van der Waals surface area (Å²) >= 11 is 12.2. The molecule has 1 aliphatic rings. The van der Waals surface area contributed by atoms with Gasteiger partial charge < -0.3 is 19.0 Å². The Balaban J connectivity index is 1.81. The zero-order valence-corrected chi connectivity index (χ0v) is 21.7. The van der Waals surface area contributed by atoms with Crippen LogP contribution in [0.15, 0.2) is 18.5 Å². The summed E-state index contributed by atoms with van der Waals surface area (Å²) < 4.78 is 8.32. The van der Waals surface area contributed by atoms with Gasteiger partial charge in [0.05, 0.1) is 46.1 Å². The number of fused-ring (bicyclic) bond motifs is 1. The lowest BCUT2D eigenvalue weighted by atomic mass is 9.95. The summed E-state index contributed by atoms with van der Waals surface area (Å²) in [5.74, 6) is -0.0858. The Labute approximate surface area is 199 Å². The number of aromatic nitrogens is 2. The van der Waals surface area contributed by atoms with Crippen molar-refractivity contribution in [1.82, 2.24) is 14.5 Å². The molecule has 1 saturated heterocycles. The van der Waals surface area contributed by atoms with Crippen molar-refractivity contribution in [2.75, 3.05) is 6.54 Å². The number of carbonyl (C=O) groups excluding carboxylic acids is 1. The maximum absolute atomic E-state index is 13.1. The van der Waals surface area contributed by atoms with Gasteiger partial charge in [0, 0.05) is 13.0 Å². The molecule has 2 atom stereocenters. The highest BCUT2D eigenvalue weighted by atomic mass is 35.5. The number of benzene rings is 1. The molecule has 0 aliphatic carbocycles. The van der Waals surface area contributed by atoms with Crippen molar-refractivity contribution in [3.05, 3.63) is 28.5 Å². The molecule has 1 fully saturated rings. The van der Waals surface area contributed by atoms with Gasteiger partial charge in [-0.05, 0) is 43.1 Å². The van der Waals surface area contributed by atoms with E-state index in [0.29, 0.717) is 27.6 Å². The first-order valence-corrected chi connectivity index (χ1v) is 14.5. The zero-order valence-electron chi connectivity index (χ0n) is 19.2. The van der Waals surface area contributed by atoms with Gasteiger partial charge in [0.2, 0.25) is 0 Å². The summed E-state index contributed by atoms with van der Waals surface area (Å²) in [6, 6.07) is 2.85. The number of piperidine rings is 1. The van der Waals surface area contributed by atoms with Crippen LogP contribution < -0.4 is 0 Å². The molecule has 3 rings (SSSR count). The van der Waals surface area contributed by atoms with Crippen LogP contribution in [0.4, 0.5) is 4.79 Å². The molecule has 1 aromatic carbocycles. The van der Waals surface area contributed by atoms with Crippen LogP contribution >= 0.6 is 23.2 Å². The number of hydrogen-bond acceptors (Lipinski definition) is 4. The molecule has 0 bridgehead atoms. The van der Waals surface area contributed by atoms with E-state index in [2.05, 4.69) is 38.8 Å². The van der Waals surface area contributed by atoms with Gasteiger partial charge in [0.25, 0.3) is 0 Å². The predicted octanol–water partition coefficient (Wildman–Crippen LogP) is 5.84. The lowest BCUT2D eigenvalue weighted by molar-refractivity contribution is -0.122. The van der Waals surface area contributed by atoms with Crippen molar-refractivity contribution >= 4 is 54.4 Å². The van der Waals surface area contributed by atoms with Gasteiger partial charge in [-0.2, -0.15) is 0 Å². The second kappa shape index (κ2) is 9.33. The molecule has 1 amide bonds. The number of carboxylic acid groups (broad SMARTS) is 1. The summed E-state index contributed by atoms with van der Waals surface area (Å²) in [7, 11) is -2.13. The van der Waals surface area contributed by atoms with Gasteiger partial charge in [0.15, 0.2) is 14.1 Å². The SMILES string of the molecule is CC(C)(C)[Si](C)(C)O[C@H]1CCCN(C(=O)O)[C@@H]1CC(=O)Cn1cnc2cc(Cl)c(Cl)cc21. The Hall–Kier alpha value is -1.61. The van der Waals surface area contributed by atoms with E-state index in [1.54, 1.807) is 23.0 Å². The van der Waals surface area contributed by atoms with Crippen molar-refractivity contribution in [3.8, 4) is 0 Å². The average Bonchev–Trinajstić information content (AvgIpc) is 3.03. The number of ketones is 1. The first-order chi connectivity index (χ1) is 14.8. The number of imidazole rings is 1. The van der Waals surface area contributed by atoms with Gasteiger partial charge in [0.1, 0.15) is 0 Å². The second-order valence-corrected chi connectivity index (χ2v) is 15.5. The molecule has 0 radical (unpaired) electrons. The van der Waals surface area contributed by atoms with Crippen LogP contribution in [0.1, 0.15) is 40.0 Å². The number of carbonyl (C=O) groups is 2. The van der Waals surface area contributed by atoms with Crippen molar-refractivity contribution in [1.29, 1.82) is 0 Å². The van der Waals surface area contributed by atoms with Gasteiger partial charge >= 0.3 is 6.09 Å². The number of amides is 1.